The number of piperidine rings is 1. The number of nitrogens with one attached hydrogen (secondary N) is 2. The summed E-state index contributed by atoms with van der Waals surface area (Å²) in [6.45, 7) is 2.35. The third-order valence-corrected chi connectivity index (χ3v) is 3.09. The van der Waals surface area contributed by atoms with Gasteiger partial charge in [-0.15, -0.1) is 0 Å². The molecule has 0 atom stereocenters. The number of methoxy groups -OCH3 is 1. The first-order valence-corrected chi connectivity index (χ1v) is 6.01. The van der Waals surface area contributed by atoms with Crippen molar-refractivity contribution < 1.29 is 19.1 Å². The molecular formula is C11H21N3O4. The molecule has 0 spiro atoms. The number of primary amides is 1. The maximum atomic E-state index is 12.2. The van der Waals surface area contributed by atoms with Crippen molar-refractivity contribution in [3.05, 3.63) is 0 Å². The van der Waals surface area contributed by atoms with E-state index in [9.17, 15) is 9.59 Å². The molecule has 1 aliphatic heterocycles. The number of nitrogens with two attached hydrogens (primary N) is 1. The Kier molecular flexibility index (Phi) is 5.87. The average Bonchev–Trinajstić information content (AvgIpc) is 2.35. The van der Waals surface area contributed by atoms with Crippen molar-refractivity contribution in [2.45, 2.75) is 12.8 Å². The largest absolute Gasteiger partial charge is 0.448 e. The molecule has 0 radical (unpaired) electrons. The van der Waals surface area contributed by atoms with Gasteiger partial charge in [-0.05, 0) is 25.9 Å². The minimum atomic E-state index is -0.835. The molecule has 0 aromatic rings. The molecule has 104 valence electrons. The van der Waals surface area contributed by atoms with Gasteiger partial charge in [-0.3, -0.25) is 4.79 Å². The van der Waals surface area contributed by atoms with Crippen molar-refractivity contribution in [1.82, 2.24) is 10.6 Å². The summed E-state index contributed by atoms with van der Waals surface area (Å²) in [5, 5.41) is 5.97. The van der Waals surface area contributed by atoms with Crippen molar-refractivity contribution in [2.24, 2.45) is 11.1 Å². The summed E-state index contributed by atoms with van der Waals surface area (Å²) in [7, 11) is 1.59. The molecule has 7 heteroatoms. The van der Waals surface area contributed by atoms with Crippen molar-refractivity contribution in [2.75, 3.05) is 40.0 Å². The molecule has 0 aromatic carbocycles. The number of carbonyl (C=O) groups excluding carboxylic acids is 2. The quantitative estimate of drug-likeness (QED) is 0.543. The SMILES string of the molecule is COCC1(C(=O)NCCOC(N)=O)CCNCC1. The molecule has 7 nitrogen and oxygen atoms in total. The molecular weight excluding hydrogens is 238 g/mol. The van der Waals surface area contributed by atoms with E-state index in [0.717, 1.165) is 25.9 Å². The highest BCUT2D eigenvalue weighted by Gasteiger charge is 2.39. The van der Waals surface area contributed by atoms with Gasteiger partial charge in [0.05, 0.1) is 18.6 Å². The summed E-state index contributed by atoms with van der Waals surface area (Å²) < 4.78 is 9.71. The van der Waals surface area contributed by atoms with Crippen molar-refractivity contribution >= 4 is 12.0 Å². The second kappa shape index (κ2) is 7.17. The summed E-state index contributed by atoms with van der Waals surface area (Å²) in [5.41, 5.74) is 4.34. The number of rotatable bonds is 6. The summed E-state index contributed by atoms with van der Waals surface area (Å²) in [5.74, 6) is -0.0566. The maximum absolute atomic E-state index is 12.2. The van der Waals surface area contributed by atoms with Crippen LogP contribution in [0, 0.1) is 5.41 Å². The molecule has 2 amide bonds. The number of hydrogen-bond acceptors (Lipinski definition) is 5. The van der Waals surface area contributed by atoms with Crippen LogP contribution in [-0.4, -0.2) is 52.0 Å². The fourth-order valence-corrected chi connectivity index (χ4v) is 2.12. The Morgan fingerprint density at radius 1 is 1.39 bits per heavy atom. The number of hydrogen-bond donors (Lipinski definition) is 3. The van der Waals surface area contributed by atoms with Crippen LogP contribution in [0.15, 0.2) is 0 Å². The van der Waals surface area contributed by atoms with E-state index in [1.165, 1.54) is 0 Å². The van der Waals surface area contributed by atoms with Gasteiger partial charge in [-0.2, -0.15) is 0 Å². The summed E-state index contributed by atoms with van der Waals surface area (Å²) in [6.07, 6.45) is 0.643. The van der Waals surface area contributed by atoms with E-state index >= 15 is 0 Å². The van der Waals surface area contributed by atoms with Gasteiger partial charge in [0.1, 0.15) is 6.61 Å². The molecule has 0 bridgehead atoms. The maximum Gasteiger partial charge on any atom is 0.404 e. The Morgan fingerprint density at radius 2 is 2.06 bits per heavy atom. The van der Waals surface area contributed by atoms with E-state index in [1.54, 1.807) is 7.11 Å². The molecule has 18 heavy (non-hydrogen) atoms. The molecule has 1 saturated heterocycles. The van der Waals surface area contributed by atoms with Gasteiger partial charge >= 0.3 is 6.09 Å². The molecule has 1 heterocycles. The zero-order chi connectivity index (χ0) is 13.4. The first-order valence-electron chi connectivity index (χ1n) is 6.01. The first-order chi connectivity index (χ1) is 8.60. The van der Waals surface area contributed by atoms with Gasteiger partial charge in [0.15, 0.2) is 0 Å². The smallest absolute Gasteiger partial charge is 0.404 e. The highest BCUT2D eigenvalue weighted by Crippen LogP contribution is 2.29. The lowest BCUT2D eigenvalue weighted by molar-refractivity contribution is -0.136. The lowest BCUT2D eigenvalue weighted by atomic mass is 9.78. The summed E-state index contributed by atoms with van der Waals surface area (Å²) in [4.78, 5) is 22.5. The van der Waals surface area contributed by atoms with Crippen LogP contribution in [0.4, 0.5) is 4.79 Å². The van der Waals surface area contributed by atoms with Crippen molar-refractivity contribution in [3.63, 3.8) is 0 Å². The van der Waals surface area contributed by atoms with Crippen LogP contribution in [0.1, 0.15) is 12.8 Å². The van der Waals surface area contributed by atoms with E-state index < -0.39 is 11.5 Å². The molecule has 0 aromatic heterocycles. The fourth-order valence-electron chi connectivity index (χ4n) is 2.12. The zero-order valence-electron chi connectivity index (χ0n) is 10.7. The highest BCUT2D eigenvalue weighted by atomic mass is 16.5. The van der Waals surface area contributed by atoms with E-state index in [0.29, 0.717) is 6.61 Å². The Labute approximate surface area is 106 Å². The monoisotopic (exact) mass is 259 g/mol. The second-order valence-electron chi connectivity index (χ2n) is 4.39. The molecule has 1 fully saturated rings. The minimum absolute atomic E-state index is 0.0566. The second-order valence-corrected chi connectivity index (χ2v) is 4.39. The third-order valence-electron chi connectivity index (χ3n) is 3.09. The van der Waals surface area contributed by atoms with Crippen LogP contribution >= 0.6 is 0 Å². The molecule has 0 unspecified atom stereocenters. The van der Waals surface area contributed by atoms with Crippen molar-refractivity contribution in [1.29, 1.82) is 0 Å². The van der Waals surface area contributed by atoms with Crippen molar-refractivity contribution in [3.8, 4) is 0 Å². The van der Waals surface area contributed by atoms with Gasteiger partial charge in [0.25, 0.3) is 0 Å². The Bertz CT molecular complexity index is 285. The van der Waals surface area contributed by atoms with Crippen LogP contribution in [0.2, 0.25) is 0 Å². The summed E-state index contributed by atoms with van der Waals surface area (Å²) in [6, 6.07) is 0. The van der Waals surface area contributed by atoms with E-state index in [-0.39, 0.29) is 19.1 Å². The Morgan fingerprint density at radius 3 is 2.61 bits per heavy atom. The number of amides is 2. The van der Waals surface area contributed by atoms with E-state index in [2.05, 4.69) is 15.4 Å². The lowest BCUT2D eigenvalue weighted by Crippen LogP contribution is -2.50. The number of carbonyl (C=O) groups is 2. The molecule has 4 N–H and O–H groups in total. The third kappa shape index (κ3) is 4.15. The molecule has 1 aliphatic rings. The zero-order valence-corrected chi connectivity index (χ0v) is 10.7. The standard InChI is InChI=1S/C11H21N3O4/c1-17-8-11(2-4-13-5-3-11)9(15)14-6-7-18-10(12)16/h13H,2-8H2,1H3,(H2,12,16)(H,14,15). The fraction of sp³-hybridized carbons (Fsp3) is 0.818. The predicted molar refractivity (Wildman–Crippen MR) is 65.0 cm³/mol. The van der Waals surface area contributed by atoms with Gasteiger partial charge in [0.2, 0.25) is 5.91 Å². The Balaban J connectivity index is 2.42. The number of ether oxygens (including phenoxy) is 2. The Hall–Kier alpha value is -1.34. The van der Waals surface area contributed by atoms with E-state index in [1.807, 2.05) is 0 Å². The summed E-state index contributed by atoms with van der Waals surface area (Å²) >= 11 is 0. The molecule has 1 rings (SSSR count). The molecule has 0 saturated carbocycles. The predicted octanol–water partition coefficient (Wildman–Crippen LogP) is -0.786. The van der Waals surface area contributed by atoms with E-state index in [4.69, 9.17) is 10.5 Å². The van der Waals surface area contributed by atoms with Crippen LogP contribution < -0.4 is 16.4 Å². The minimum Gasteiger partial charge on any atom is -0.448 e. The van der Waals surface area contributed by atoms with Crippen LogP contribution in [0.5, 0.6) is 0 Å². The lowest BCUT2D eigenvalue weighted by Gasteiger charge is -2.35. The average molecular weight is 259 g/mol. The van der Waals surface area contributed by atoms with Crippen LogP contribution in [0.25, 0.3) is 0 Å². The van der Waals surface area contributed by atoms with Gasteiger partial charge in [-0.1, -0.05) is 0 Å². The van der Waals surface area contributed by atoms with Gasteiger partial charge in [0, 0.05) is 7.11 Å². The van der Waals surface area contributed by atoms with Gasteiger partial charge in [-0.25, -0.2) is 4.79 Å². The normalized spacial score (nSPS) is 18.1. The topological polar surface area (TPSA) is 103 Å². The first kappa shape index (κ1) is 14.7. The van der Waals surface area contributed by atoms with Gasteiger partial charge < -0.3 is 25.8 Å². The van der Waals surface area contributed by atoms with Crippen LogP contribution in [0.3, 0.4) is 0 Å². The molecule has 0 aliphatic carbocycles. The highest BCUT2D eigenvalue weighted by molar-refractivity contribution is 5.83. The van der Waals surface area contributed by atoms with Crippen LogP contribution in [-0.2, 0) is 14.3 Å².